The van der Waals surface area contributed by atoms with Crippen molar-refractivity contribution < 1.29 is 18.8 Å². The van der Waals surface area contributed by atoms with Crippen molar-refractivity contribution in [2.45, 2.75) is 20.4 Å². The molecule has 3 aromatic rings. The smallest absolute Gasteiger partial charge is 0.313 e. The van der Waals surface area contributed by atoms with Crippen molar-refractivity contribution in [1.29, 1.82) is 0 Å². The van der Waals surface area contributed by atoms with Gasteiger partial charge < -0.3 is 15.1 Å². The Hall–Kier alpha value is -3.19. The first-order valence-corrected chi connectivity index (χ1v) is 9.08. The van der Waals surface area contributed by atoms with Gasteiger partial charge in [0.15, 0.2) is 5.76 Å². The minimum absolute atomic E-state index is 0.162. The van der Waals surface area contributed by atoms with E-state index in [9.17, 15) is 14.4 Å². The number of aryl methyl sites for hydroxylation is 2. The minimum Gasteiger partial charge on any atom is -0.461 e. The van der Waals surface area contributed by atoms with Crippen LogP contribution in [0.3, 0.4) is 0 Å². The van der Waals surface area contributed by atoms with Gasteiger partial charge in [-0.3, -0.25) is 14.4 Å². The molecule has 0 atom stereocenters. The second-order valence-electron chi connectivity index (χ2n) is 6.09. The molecule has 2 N–H and O–H groups in total. The second kappa shape index (κ2) is 8.01. The molecular weight excluding hydrogens is 364 g/mol. The van der Waals surface area contributed by atoms with E-state index in [2.05, 4.69) is 10.6 Å². The molecule has 138 valence electrons. The van der Waals surface area contributed by atoms with Crippen LogP contribution >= 0.6 is 11.3 Å². The Balaban J connectivity index is 1.56. The highest BCUT2D eigenvalue weighted by molar-refractivity contribution is 7.14. The first-order valence-electron chi connectivity index (χ1n) is 8.27. The topological polar surface area (TPSA) is 88.4 Å². The largest absolute Gasteiger partial charge is 0.461 e. The first-order chi connectivity index (χ1) is 12.9. The lowest BCUT2D eigenvalue weighted by Crippen LogP contribution is -2.34. The number of carbonyl (C=O) groups excluding carboxylic acids is 3. The number of amides is 2. The van der Waals surface area contributed by atoms with Gasteiger partial charge in [0, 0.05) is 10.6 Å². The van der Waals surface area contributed by atoms with E-state index in [-0.39, 0.29) is 18.1 Å². The number of hydrogen-bond donors (Lipinski definition) is 2. The molecule has 2 heterocycles. The van der Waals surface area contributed by atoms with Crippen LogP contribution in [0.25, 0.3) is 0 Å². The summed E-state index contributed by atoms with van der Waals surface area (Å²) in [5, 5.41) is 5.15. The molecule has 7 heteroatoms. The summed E-state index contributed by atoms with van der Waals surface area (Å²) in [5.74, 6) is -1.42. The van der Waals surface area contributed by atoms with Crippen LogP contribution in [0.2, 0.25) is 0 Å². The highest BCUT2D eigenvalue weighted by atomic mass is 32.1. The Morgan fingerprint density at radius 2 is 1.74 bits per heavy atom. The first kappa shape index (κ1) is 18.6. The fourth-order valence-corrected chi connectivity index (χ4v) is 3.50. The fourth-order valence-electron chi connectivity index (χ4n) is 2.61. The summed E-state index contributed by atoms with van der Waals surface area (Å²) in [6, 6.07) is 12.2. The molecule has 0 aliphatic carbocycles. The third-order valence-corrected chi connectivity index (χ3v) is 4.82. The lowest BCUT2D eigenvalue weighted by Gasteiger charge is -2.07. The van der Waals surface area contributed by atoms with Gasteiger partial charge in [-0.15, -0.1) is 11.3 Å². The maximum absolute atomic E-state index is 12.2. The summed E-state index contributed by atoms with van der Waals surface area (Å²) in [7, 11) is 0. The Bertz CT molecular complexity index is 969. The Labute approximate surface area is 160 Å². The van der Waals surface area contributed by atoms with Crippen molar-refractivity contribution >= 4 is 34.6 Å². The molecule has 2 aromatic heterocycles. The Morgan fingerprint density at radius 3 is 2.41 bits per heavy atom. The van der Waals surface area contributed by atoms with Gasteiger partial charge in [0.25, 0.3) is 0 Å². The molecule has 0 aliphatic heterocycles. The number of thiophene rings is 1. The summed E-state index contributed by atoms with van der Waals surface area (Å²) in [6.07, 6.45) is 1.44. The number of carbonyl (C=O) groups is 3. The maximum atomic E-state index is 12.2. The van der Waals surface area contributed by atoms with Crippen LogP contribution < -0.4 is 10.6 Å². The standard InChI is InChI=1S/C20H18N2O4S/c1-12-8-13(2)10-14(9-12)22-20(25)19(24)21-11-15-5-6-17(27-15)18(23)16-4-3-7-26-16/h3-10H,11H2,1-2H3,(H,21,24)(H,22,25). The monoisotopic (exact) mass is 382 g/mol. The molecule has 0 saturated heterocycles. The molecule has 0 aliphatic rings. The van der Waals surface area contributed by atoms with Crippen LogP contribution in [-0.2, 0) is 16.1 Å². The van der Waals surface area contributed by atoms with E-state index < -0.39 is 11.8 Å². The number of benzene rings is 1. The van der Waals surface area contributed by atoms with E-state index in [4.69, 9.17) is 4.42 Å². The van der Waals surface area contributed by atoms with E-state index in [0.29, 0.717) is 10.6 Å². The number of ketones is 1. The molecule has 27 heavy (non-hydrogen) atoms. The van der Waals surface area contributed by atoms with Crippen LogP contribution in [0.4, 0.5) is 5.69 Å². The molecule has 2 amide bonds. The van der Waals surface area contributed by atoms with Crippen molar-refractivity contribution in [2.24, 2.45) is 0 Å². The van der Waals surface area contributed by atoms with Gasteiger partial charge in [-0.25, -0.2) is 0 Å². The molecular formula is C20H18N2O4S. The van der Waals surface area contributed by atoms with Gasteiger partial charge in [0.2, 0.25) is 5.78 Å². The molecule has 0 unspecified atom stereocenters. The fraction of sp³-hybridized carbons (Fsp3) is 0.150. The highest BCUT2D eigenvalue weighted by Crippen LogP contribution is 2.20. The summed E-state index contributed by atoms with van der Waals surface area (Å²) in [5.41, 5.74) is 2.58. The summed E-state index contributed by atoms with van der Waals surface area (Å²) < 4.78 is 5.10. The van der Waals surface area contributed by atoms with Crippen molar-refractivity contribution in [2.75, 3.05) is 5.32 Å². The molecule has 3 rings (SSSR count). The second-order valence-corrected chi connectivity index (χ2v) is 7.25. The molecule has 0 saturated carbocycles. The third kappa shape index (κ3) is 4.71. The van der Waals surface area contributed by atoms with Gasteiger partial charge in [-0.2, -0.15) is 0 Å². The third-order valence-electron chi connectivity index (χ3n) is 3.74. The van der Waals surface area contributed by atoms with Crippen molar-refractivity contribution in [3.05, 3.63) is 75.4 Å². The van der Waals surface area contributed by atoms with Crippen molar-refractivity contribution in [3.63, 3.8) is 0 Å². The molecule has 0 fully saturated rings. The number of nitrogens with one attached hydrogen (secondary N) is 2. The van der Waals surface area contributed by atoms with E-state index in [1.807, 2.05) is 19.9 Å². The average Bonchev–Trinajstić information content (AvgIpc) is 3.30. The van der Waals surface area contributed by atoms with Gasteiger partial charge in [0.05, 0.1) is 17.7 Å². The van der Waals surface area contributed by atoms with Gasteiger partial charge in [-0.1, -0.05) is 6.07 Å². The average molecular weight is 382 g/mol. The van der Waals surface area contributed by atoms with Gasteiger partial charge >= 0.3 is 11.8 Å². The van der Waals surface area contributed by atoms with Gasteiger partial charge in [-0.05, 0) is 61.4 Å². The number of rotatable bonds is 5. The molecule has 0 radical (unpaired) electrons. The van der Waals surface area contributed by atoms with E-state index >= 15 is 0 Å². The summed E-state index contributed by atoms with van der Waals surface area (Å²) in [4.78, 5) is 37.5. The van der Waals surface area contributed by atoms with E-state index in [0.717, 1.165) is 16.0 Å². The Morgan fingerprint density at radius 1 is 1.00 bits per heavy atom. The molecule has 0 bridgehead atoms. The highest BCUT2D eigenvalue weighted by Gasteiger charge is 2.17. The quantitative estimate of drug-likeness (QED) is 0.523. The molecule has 6 nitrogen and oxygen atoms in total. The summed E-state index contributed by atoms with van der Waals surface area (Å²) >= 11 is 1.24. The lowest BCUT2D eigenvalue weighted by molar-refractivity contribution is -0.136. The van der Waals surface area contributed by atoms with Crippen LogP contribution in [0, 0.1) is 13.8 Å². The zero-order valence-electron chi connectivity index (χ0n) is 14.9. The normalized spacial score (nSPS) is 10.4. The zero-order chi connectivity index (χ0) is 19.4. The minimum atomic E-state index is -0.735. The molecule has 1 aromatic carbocycles. The number of anilines is 1. The van der Waals surface area contributed by atoms with Crippen molar-refractivity contribution in [3.8, 4) is 0 Å². The van der Waals surface area contributed by atoms with Crippen molar-refractivity contribution in [1.82, 2.24) is 5.32 Å². The predicted molar refractivity (Wildman–Crippen MR) is 103 cm³/mol. The SMILES string of the molecule is Cc1cc(C)cc(NC(=O)C(=O)NCc2ccc(C(=O)c3ccco3)s2)c1. The summed E-state index contributed by atoms with van der Waals surface area (Å²) in [6.45, 7) is 4.00. The maximum Gasteiger partial charge on any atom is 0.313 e. The zero-order valence-corrected chi connectivity index (χ0v) is 15.7. The number of furan rings is 1. The van der Waals surface area contributed by atoms with Gasteiger partial charge in [0.1, 0.15) is 0 Å². The van der Waals surface area contributed by atoms with E-state index in [1.54, 1.807) is 36.4 Å². The predicted octanol–water partition coefficient (Wildman–Crippen LogP) is 3.44. The van der Waals surface area contributed by atoms with Crippen LogP contribution in [-0.4, -0.2) is 17.6 Å². The Kier molecular flexibility index (Phi) is 5.52. The number of hydrogen-bond acceptors (Lipinski definition) is 5. The van der Waals surface area contributed by atoms with Crippen LogP contribution in [0.15, 0.2) is 53.1 Å². The molecule has 0 spiro atoms. The van der Waals surface area contributed by atoms with Crippen LogP contribution in [0.5, 0.6) is 0 Å². The van der Waals surface area contributed by atoms with E-state index in [1.165, 1.54) is 17.6 Å². The van der Waals surface area contributed by atoms with Crippen LogP contribution in [0.1, 0.15) is 31.4 Å². The lowest BCUT2D eigenvalue weighted by atomic mass is 10.1.